The molecule has 21 heavy (non-hydrogen) atoms. The minimum Gasteiger partial charge on any atom is -0.465 e. The third kappa shape index (κ3) is 3.27. The Kier molecular flexibility index (Phi) is 4.27. The molecule has 0 saturated carbocycles. The van der Waals surface area contributed by atoms with Crippen molar-refractivity contribution in [3.05, 3.63) is 35.4 Å². The summed E-state index contributed by atoms with van der Waals surface area (Å²) in [5.74, 6) is -0.273. The van der Waals surface area contributed by atoms with Crippen molar-refractivity contribution >= 4 is 5.97 Å². The van der Waals surface area contributed by atoms with Gasteiger partial charge < -0.3 is 10.1 Å². The first-order chi connectivity index (χ1) is 10.2. The lowest BCUT2D eigenvalue weighted by Crippen LogP contribution is -2.46. The average Bonchev–Trinajstić information content (AvgIpc) is 2.85. The van der Waals surface area contributed by atoms with Crippen LogP contribution in [0.4, 0.5) is 0 Å². The molecule has 2 bridgehead atoms. The van der Waals surface area contributed by atoms with Gasteiger partial charge in [0.15, 0.2) is 0 Å². The third-order valence-corrected chi connectivity index (χ3v) is 4.88. The summed E-state index contributed by atoms with van der Waals surface area (Å²) < 4.78 is 4.73. The number of nitrogens with zero attached hydrogens (tertiary/aromatic N) is 1. The largest absolute Gasteiger partial charge is 0.465 e. The van der Waals surface area contributed by atoms with Crippen LogP contribution in [0.15, 0.2) is 24.3 Å². The lowest BCUT2D eigenvalue weighted by Gasteiger charge is -2.35. The van der Waals surface area contributed by atoms with E-state index in [1.165, 1.54) is 38.4 Å². The molecule has 2 heterocycles. The molecule has 0 radical (unpaired) electrons. The molecule has 2 aliphatic heterocycles. The first-order valence-electron chi connectivity index (χ1n) is 7.79. The van der Waals surface area contributed by atoms with Gasteiger partial charge in [-0.25, -0.2) is 4.79 Å². The van der Waals surface area contributed by atoms with Gasteiger partial charge in [-0.2, -0.15) is 0 Å². The van der Waals surface area contributed by atoms with Crippen LogP contribution in [0.5, 0.6) is 0 Å². The Balaban J connectivity index is 1.59. The first kappa shape index (κ1) is 14.5. The van der Waals surface area contributed by atoms with Crippen LogP contribution in [0.2, 0.25) is 0 Å². The summed E-state index contributed by atoms with van der Waals surface area (Å²) >= 11 is 0. The molecular formula is C17H24N2O2. The second kappa shape index (κ2) is 6.16. The van der Waals surface area contributed by atoms with E-state index in [1.807, 2.05) is 24.3 Å². The molecule has 1 aromatic carbocycles. The fourth-order valence-electron chi connectivity index (χ4n) is 3.67. The Hall–Kier alpha value is -1.39. The molecule has 0 aromatic heterocycles. The summed E-state index contributed by atoms with van der Waals surface area (Å²) in [7, 11) is 3.62. The zero-order chi connectivity index (χ0) is 14.8. The summed E-state index contributed by atoms with van der Waals surface area (Å²) in [6.45, 7) is 0.936. The van der Waals surface area contributed by atoms with E-state index in [4.69, 9.17) is 4.74 Å². The van der Waals surface area contributed by atoms with Crippen molar-refractivity contribution in [1.29, 1.82) is 0 Å². The number of ether oxygens (including phenoxy) is 1. The van der Waals surface area contributed by atoms with Crippen molar-refractivity contribution in [3.63, 3.8) is 0 Å². The normalized spacial score (nSPS) is 27.9. The van der Waals surface area contributed by atoms with E-state index in [0.717, 1.165) is 18.6 Å². The molecule has 114 valence electrons. The van der Waals surface area contributed by atoms with Gasteiger partial charge in [0.05, 0.1) is 12.7 Å². The zero-order valence-corrected chi connectivity index (χ0v) is 12.8. The van der Waals surface area contributed by atoms with E-state index in [-0.39, 0.29) is 5.97 Å². The van der Waals surface area contributed by atoms with Gasteiger partial charge in [-0.3, -0.25) is 4.90 Å². The Morgan fingerprint density at radius 1 is 1.24 bits per heavy atom. The molecule has 2 unspecified atom stereocenters. The number of carbonyl (C=O) groups excluding carboxylic acids is 1. The molecule has 3 rings (SSSR count). The van der Waals surface area contributed by atoms with Gasteiger partial charge in [0, 0.05) is 24.7 Å². The van der Waals surface area contributed by atoms with Crippen molar-refractivity contribution in [1.82, 2.24) is 10.2 Å². The lowest BCUT2D eigenvalue weighted by molar-refractivity contribution is 0.0600. The molecule has 2 aliphatic rings. The number of hydrogen-bond donors (Lipinski definition) is 1. The smallest absolute Gasteiger partial charge is 0.337 e. The maximum Gasteiger partial charge on any atom is 0.337 e. The summed E-state index contributed by atoms with van der Waals surface area (Å²) in [5.41, 5.74) is 1.86. The fraction of sp³-hybridized carbons (Fsp3) is 0.588. The maximum atomic E-state index is 11.4. The van der Waals surface area contributed by atoms with Gasteiger partial charge in [0.2, 0.25) is 0 Å². The monoisotopic (exact) mass is 288 g/mol. The minimum absolute atomic E-state index is 0.273. The van der Waals surface area contributed by atoms with E-state index in [2.05, 4.69) is 17.3 Å². The van der Waals surface area contributed by atoms with E-state index in [9.17, 15) is 4.79 Å². The van der Waals surface area contributed by atoms with E-state index < -0.39 is 0 Å². The molecule has 4 heteroatoms. The molecule has 0 amide bonds. The molecule has 2 saturated heterocycles. The lowest BCUT2D eigenvalue weighted by atomic mass is 9.98. The highest BCUT2D eigenvalue weighted by molar-refractivity contribution is 5.89. The van der Waals surface area contributed by atoms with E-state index >= 15 is 0 Å². The molecule has 1 aromatic rings. The number of rotatable bonds is 4. The van der Waals surface area contributed by atoms with E-state index in [1.54, 1.807) is 0 Å². The number of piperidine rings is 1. The summed E-state index contributed by atoms with van der Waals surface area (Å²) in [4.78, 5) is 13.9. The molecular weight excluding hydrogens is 264 g/mol. The topological polar surface area (TPSA) is 41.6 Å². The van der Waals surface area contributed by atoms with Gasteiger partial charge in [-0.15, -0.1) is 0 Å². The Morgan fingerprint density at radius 3 is 2.43 bits per heavy atom. The summed E-state index contributed by atoms with van der Waals surface area (Å²) in [6, 6.07) is 9.86. The van der Waals surface area contributed by atoms with Crippen molar-refractivity contribution in [2.45, 2.75) is 50.4 Å². The third-order valence-electron chi connectivity index (χ3n) is 4.88. The van der Waals surface area contributed by atoms with Crippen LogP contribution < -0.4 is 5.32 Å². The molecule has 0 aliphatic carbocycles. The number of hydrogen-bond acceptors (Lipinski definition) is 4. The number of carbonyl (C=O) groups is 1. The standard InChI is InChI=1S/C17H24N2O2/c1-19(16-9-14-7-8-15(10-16)18-14)11-12-3-5-13(6-4-12)17(20)21-2/h3-6,14-16,18H,7-11H2,1-2H3. The van der Waals surface area contributed by atoms with Crippen molar-refractivity contribution < 1.29 is 9.53 Å². The van der Waals surface area contributed by atoms with Crippen LogP contribution in [0.1, 0.15) is 41.6 Å². The van der Waals surface area contributed by atoms with Crippen molar-refractivity contribution in [3.8, 4) is 0 Å². The van der Waals surface area contributed by atoms with Crippen LogP contribution >= 0.6 is 0 Å². The van der Waals surface area contributed by atoms with Gasteiger partial charge in [0.1, 0.15) is 0 Å². The summed E-state index contributed by atoms with van der Waals surface area (Å²) in [6.07, 6.45) is 5.19. The van der Waals surface area contributed by atoms with Gasteiger partial charge in [-0.05, 0) is 50.4 Å². The molecule has 4 nitrogen and oxygen atoms in total. The van der Waals surface area contributed by atoms with Crippen LogP contribution in [0.3, 0.4) is 0 Å². The Bertz CT molecular complexity index is 488. The predicted octanol–water partition coefficient (Wildman–Crippen LogP) is 2.19. The minimum atomic E-state index is -0.273. The molecule has 2 atom stereocenters. The molecule has 2 fully saturated rings. The van der Waals surface area contributed by atoms with Gasteiger partial charge in [-0.1, -0.05) is 12.1 Å². The average molecular weight is 288 g/mol. The summed E-state index contributed by atoms with van der Waals surface area (Å²) in [5, 5.41) is 3.69. The number of nitrogens with one attached hydrogen (secondary N) is 1. The fourth-order valence-corrected chi connectivity index (χ4v) is 3.67. The second-order valence-electron chi connectivity index (χ2n) is 6.37. The maximum absolute atomic E-state index is 11.4. The van der Waals surface area contributed by atoms with Crippen LogP contribution in [0.25, 0.3) is 0 Å². The SMILES string of the molecule is COC(=O)c1ccc(CN(C)C2CC3CCC(C2)N3)cc1. The van der Waals surface area contributed by atoms with Crippen LogP contribution in [0, 0.1) is 0 Å². The van der Waals surface area contributed by atoms with Crippen LogP contribution in [-0.2, 0) is 11.3 Å². The second-order valence-corrected chi connectivity index (χ2v) is 6.37. The molecule has 0 spiro atoms. The highest BCUT2D eigenvalue weighted by Gasteiger charge is 2.34. The van der Waals surface area contributed by atoms with Crippen molar-refractivity contribution in [2.75, 3.05) is 14.2 Å². The van der Waals surface area contributed by atoms with Gasteiger partial charge >= 0.3 is 5.97 Å². The molecule has 1 N–H and O–H groups in total. The van der Waals surface area contributed by atoms with E-state index in [0.29, 0.717) is 11.6 Å². The highest BCUT2D eigenvalue weighted by Crippen LogP contribution is 2.29. The number of benzene rings is 1. The predicted molar refractivity (Wildman–Crippen MR) is 82.2 cm³/mol. The Labute approximate surface area is 126 Å². The number of fused-ring (bicyclic) bond motifs is 2. The van der Waals surface area contributed by atoms with Gasteiger partial charge in [0.25, 0.3) is 0 Å². The highest BCUT2D eigenvalue weighted by atomic mass is 16.5. The van der Waals surface area contributed by atoms with Crippen molar-refractivity contribution in [2.24, 2.45) is 0 Å². The van der Waals surface area contributed by atoms with Crippen LogP contribution in [-0.4, -0.2) is 43.2 Å². The quantitative estimate of drug-likeness (QED) is 0.862. The number of esters is 1. The Morgan fingerprint density at radius 2 is 1.86 bits per heavy atom. The zero-order valence-electron chi connectivity index (χ0n) is 12.8. The first-order valence-corrected chi connectivity index (χ1v) is 7.79. The number of methoxy groups -OCH3 is 1.